The number of nitrogens with zero attached hydrogens (tertiary/aromatic N) is 2. The molecule has 0 bridgehead atoms. The molecule has 5 heteroatoms. The Morgan fingerprint density at radius 3 is 2.10 bits per heavy atom. The lowest BCUT2D eigenvalue weighted by Gasteiger charge is -2.21. The summed E-state index contributed by atoms with van der Waals surface area (Å²) in [6.45, 7) is 4.35. The number of aromatic nitrogens is 2. The molecule has 30 heavy (non-hydrogen) atoms. The van der Waals surface area contributed by atoms with E-state index in [0.717, 1.165) is 28.3 Å². The SMILES string of the molecule is Cc1cc(C)n(C(CNC(=O)C(c2ccccc2)c2ccccc2)c2ccco2)n1. The van der Waals surface area contributed by atoms with Crippen LogP contribution < -0.4 is 5.32 Å². The molecule has 0 saturated heterocycles. The van der Waals surface area contributed by atoms with Crippen LogP contribution in [0.15, 0.2) is 89.5 Å². The first-order valence-corrected chi connectivity index (χ1v) is 10.1. The van der Waals surface area contributed by atoms with E-state index in [-0.39, 0.29) is 17.9 Å². The lowest BCUT2D eigenvalue weighted by molar-refractivity contribution is -0.121. The van der Waals surface area contributed by atoms with Crippen LogP contribution in [0.2, 0.25) is 0 Å². The van der Waals surface area contributed by atoms with Gasteiger partial charge in [0.1, 0.15) is 11.8 Å². The van der Waals surface area contributed by atoms with Crippen molar-refractivity contribution in [2.24, 2.45) is 0 Å². The van der Waals surface area contributed by atoms with Crippen LogP contribution in [-0.2, 0) is 4.79 Å². The van der Waals surface area contributed by atoms with E-state index in [1.165, 1.54) is 0 Å². The third-order valence-corrected chi connectivity index (χ3v) is 5.21. The zero-order valence-electron chi connectivity index (χ0n) is 17.2. The van der Waals surface area contributed by atoms with E-state index < -0.39 is 0 Å². The van der Waals surface area contributed by atoms with Crippen molar-refractivity contribution in [3.8, 4) is 0 Å². The molecule has 0 spiro atoms. The molecule has 2 aromatic carbocycles. The van der Waals surface area contributed by atoms with Gasteiger partial charge in [-0.05, 0) is 43.2 Å². The van der Waals surface area contributed by atoms with Crippen molar-refractivity contribution >= 4 is 5.91 Å². The first-order valence-electron chi connectivity index (χ1n) is 10.1. The third kappa shape index (κ3) is 4.20. The van der Waals surface area contributed by atoms with Crippen LogP contribution in [-0.4, -0.2) is 22.2 Å². The number of hydrogen-bond donors (Lipinski definition) is 1. The van der Waals surface area contributed by atoms with E-state index in [1.54, 1.807) is 6.26 Å². The van der Waals surface area contributed by atoms with Crippen LogP contribution >= 0.6 is 0 Å². The number of carbonyl (C=O) groups excluding carboxylic acids is 1. The topological polar surface area (TPSA) is 60.1 Å². The van der Waals surface area contributed by atoms with E-state index in [2.05, 4.69) is 10.4 Å². The summed E-state index contributed by atoms with van der Waals surface area (Å²) in [6.07, 6.45) is 1.65. The smallest absolute Gasteiger partial charge is 0.232 e. The Hall–Kier alpha value is -3.60. The summed E-state index contributed by atoms with van der Waals surface area (Å²) in [5, 5.41) is 7.75. The second-order valence-electron chi connectivity index (χ2n) is 7.40. The van der Waals surface area contributed by atoms with Crippen molar-refractivity contribution in [3.05, 3.63) is 113 Å². The van der Waals surface area contributed by atoms with Crippen molar-refractivity contribution in [3.63, 3.8) is 0 Å². The Bertz CT molecular complexity index is 1050. The lowest BCUT2D eigenvalue weighted by Crippen LogP contribution is -2.35. The highest BCUT2D eigenvalue weighted by molar-refractivity contribution is 5.87. The van der Waals surface area contributed by atoms with Crippen molar-refractivity contribution < 1.29 is 9.21 Å². The van der Waals surface area contributed by atoms with E-state index in [4.69, 9.17) is 4.42 Å². The van der Waals surface area contributed by atoms with Gasteiger partial charge in [-0.15, -0.1) is 0 Å². The molecule has 0 aliphatic carbocycles. The highest BCUT2D eigenvalue weighted by Gasteiger charge is 2.25. The molecule has 0 fully saturated rings. The van der Waals surface area contributed by atoms with Crippen LogP contribution in [0.1, 0.15) is 40.2 Å². The van der Waals surface area contributed by atoms with Gasteiger partial charge in [0.2, 0.25) is 5.91 Å². The molecular formula is C25H25N3O2. The van der Waals surface area contributed by atoms with Gasteiger partial charge in [0.15, 0.2) is 0 Å². The van der Waals surface area contributed by atoms with Crippen LogP contribution in [0, 0.1) is 13.8 Å². The largest absolute Gasteiger partial charge is 0.467 e. The van der Waals surface area contributed by atoms with E-state index in [9.17, 15) is 4.79 Å². The number of benzene rings is 2. The van der Waals surface area contributed by atoms with Gasteiger partial charge in [0.25, 0.3) is 0 Å². The zero-order chi connectivity index (χ0) is 20.9. The summed E-state index contributed by atoms with van der Waals surface area (Å²) in [5.41, 5.74) is 3.87. The quantitative estimate of drug-likeness (QED) is 0.493. The monoisotopic (exact) mass is 399 g/mol. The Balaban J connectivity index is 1.61. The number of rotatable bonds is 7. The molecule has 1 N–H and O–H groups in total. The summed E-state index contributed by atoms with van der Waals surface area (Å²) in [5.74, 6) is 0.327. The Kier molecular flexibility index (Phi) is 5.80. The van der Waals surface area contributed by atoms with Gasteiger partial charge in [-0.25, -0.2) is 0 Å². The van der Waals surface area contributed by atoms with Gasteiger partial charge < -0.3 is 9.73 Å². The van der Waals surface area contributed by atoms with Gasteiger partial charge in [0, 0.05) is 12.2 Å². The molecule has 1 unspecified atom stereocenters. The minimum Gasteiger partial charge on any atom is -0.467 e. The number of aryl methyl sites for hydroxylation is 2. The van der Waals surface area contributed by atoms with E-state index >= 15 is 0 Å². The molecule has 2 aromatic heterocycles. The molecule has 0 aliphatic rings. The van der Waals surface area contributed by atoms with Crippen molar-refractivity contribution in [2.75, 3.05) is 6.54 Å². The molecule has 0 aliphatic heterocycles. The number of amides is 1. The zero-order valence-corrected chi connectivity index (χ0v) is 17.2. The molecule has 2 heterocycles. The normalized spacial score (nSPS) is 12.1. The van der Waals surface area contributed by atoms with Crippen LogP contribution in [0.25, 0.3) is 0 Å². The third-order valence-electron chi connectivity index (χ3n) is 5.21. The van der Waals surface area contributed by atoms with Crippen molar-refractivity contribution in [1.29, 1.82) is 0 Å². The maximum absolute atomic E-state index is 13.4. The average molecular weight is 399 g/mol. The van der Waals surface area contributed by atoms with Crippen molar-refractivity contribution in [2.45, 2.75) is 25.8 Å². The summed E-state index contributed by atoms with van der Waals surface area (Å²) < 4.78 is 7.58. The van der Waals surface area contributed by atoms with Gasteiger partial charge in [-0.2, -0.15) is 5.10 Å². The molecule has 0 saturated carbocycles. The molecule has 5 nitrogen and oxygen atoms in total. The molecule has 0 radical (unpaired) electrons. The van der Waals surface area contributed by atoms with E-state index in [1.807, 2.05) is 97.4 Å². The van der Waals surface area contributed by atoms with Gasteiger partial charge in [-0.3, -0.25) is 9.48 Å². The molecule has 152 valence electrons. The minimum absolute atomic E-state index is 0.0505. The Morgan fingerprint density at radius 1 is 0.967 bits per heavy atom. The van der Waals surface area contributed by atoms with Crippen LogP contribution in [0.3, 0.4) is 0 Å². The average Bonchev–Trinajstić information content (AvgIpc) is 3.40. The van der Waals surface area contributed by atoms with Gasteiger partial charge in [-0.1, -0.05) is 60.7 Å². The number of carbonyl (C=O) groups is 1. The second-order valence-corrected chi connectivity index (χ2v) is 7.40. The fourth-order valence-electron chi connectivity index (χ4n) is 3.84. The Morgan fingerprint density at radius 2 is 1.60 bits per heavy atom. The second kappa shape index (κ2) is 8.82. The fraction of sp³-hybridized carbons (Fsp3) is 0.200. The minimum atomic E-state index is -0.384. The van der Waals surface area contributed by atoms with Gasteiger partial charge in [0.05, 0.1) is 17.9 Å². The maximum atomic E-state index is 13.4. The first-order chi connectivity index (χ1) is 14.6. The summed E-state index contributed by atoms with van der Waals surface area (Å²) in [4.78, 5) is 13.4. The predicted molar refractivity (Wildman–Crippen MR) is 116 cm³/mol. The summed E-state index contributed by atoms with van der Waals surface area (Å²) >= 11 is 0. The molecule has 4 rings (SSSR count). The van der Waals surface area contributed by atoms with Crippen LogP contribution in [0.4, 0.5) is 0 Å². The highest BCUT2D eigenvalue weighted by atomic mass is 16.3. The maximum Gasteiger partial charge on any atom is 0.232 e. The first kappa shape index (κ1) is 19.7. The standard InChI is InChI=1S/C25H25N3O2/c1-18-16-19(2)28(27-18)22(23-14-9-15-30-23)17-26-25(29)24(20-10-5-3-6-11-20)21-12-7-4-8-13-21/h3-16,22,24H,17H2,1-2H3,(H,26,29). The number of nitrogens with one attached hydrogen (secondary N) is 1. The number of hydrogen-bond acceptors (Lipinski definition) is 3. The molecule has 1 amide bonds. The lowest BCUT2D eigenvalue weighted by atomic mass is 9.90. The molecular weight excluding hydrogens is 374 g/mol. The van der Waals surface area contributed by atoms with Crippen LogP contribution in [0.5, 0.6) is 0 Å². The van der Waals surface area contributed by atoms with E-state index in [0.29, 0.717) is 6.54 Å². The Labute approximate surface area is 176 Å². The fourth-order valence-corrected chi connectivity index (χ4v) is 3.84. The summed E-state index contributed by atoms with van der Waals surface area (Å²) in [7, 11) is 0. The highest BCUT2D eigenvalue weighted by Crippen LogP contribution is 2.26. The van der Waals surface area contributed by atoms with Gasteiger partial charge >= 0.3 is 0 Å². The molecule has 4 aromatic rings. The molecule has 1 atom stereocenters. The predicted octanol–water partition coefficient (Wildman–Crippen LogP) is 4.63. The number of furan rings is 1. The summed E-state index contributed by atoms with van der Waals surface area (Å²) in [6, 6.07) is 25.3. The van der Waals surface area contributed by atoms with Crippen molar-refractivity contribution in [1.82, 2.24) is 15.1 Å².